The third-order valence-electron chi connectivity index (χ3n) is 1.42. The standard InChI is InChI=1S/C5H4F9O3P/c1-18(15,16)17-3(8,5(12,13)14)2(6,7)4(9,10)11/h1H3,(H,15,16). The lowest BCUT2D eigenvalue weighted by Gasteiger charge is -2.35. The van der Waals surface area contributed by atoms with E-state index in [0.29, 0.717) is 0 Å². The molecule has 2 unspecified atom stereocenters. The van der Waals surface area contributed by atoms with Crippen molar-refractivity contribution >= 4 is 7.60 Å². The fourth-order valence-electron chi connectivity index (χ4n) is 0.703. The molecule has 0 aliphatic rings. The van der Waals surface area contributed by atoms with Gasteiger partial charge >= 0.3 is 31.7 Å². The molecule has 18 heavy (non-hydrogen) atoms. The quantitative estimate of drug-likeness (QED) is 0.642. The first-order valence-corrected chi connectivity index (χ1v) is 5.69. The summed E-state index contributed by atoms with van der Waals surface area (Å²) in [5.41, 5.74) is 0. The van der Waals surface area contributed by atoms with Gasteiger partial charge in [0.1, 0.15) is 0 Å². The zero-order chi connectivity index (χ0) is 15.2. The molecule has 2 atom stereocenters. The number of hydrogen-bond donors (Lipinski definition) is 1. The van der Waals surface area contributed by atoms with Gasteiger partial charge in [-0.05, 0) is 0 Å². The highest BCUT2D eigenvalue weighted by Crippen LogP contribution is 2.58. The second kappa shape index (κ2) is 4.27. The van der Waals surface area contributed by atoms with Crippen LogP contribution in [-0.4, -0.2) is 35.7 Å². The smallest absolute Gasteiger partial charge is 0.324 e. The molecule has 0 bridgehead atoms. The first kappa shape index (κ1) is 17.5. The van der Waals surface area contributed by atoms with Crippen molar-refractivity contribution in [3.8, 4) is 0 Å². The third kappa shape index (κ3) is 3.09. The zero-order valence-corrected chi connectivity index (χ0v) is 9.01. The molecule has 0 aromatic carbocycles. The second-order valence-electron chi connectivity index (χ2n) is 3.06. The van der Waals surface area contributed by atoms with Crippen molar-refractivity contribution in [2.45, 2.75) is 24.1 Å². The van der Waals surface area contributed by atoms with E-state index in [-0.39, 0.29) is 6.66 Å². The monoisotopic (exact) mass is 314 g/mol. The molecule has 110 valence electrons. The Bertz CT molecular complexity index is 354. The number of alkyl halides is 9. The largest absolute Gasteiger partial charge is 0.459 e. The maximum Gasteiger partial charge on any atom is 0.459 e. The van der Waals surface area contributed by atoms with Crippen LogP contribution in [0.1, 0.15) is 0 Å². The lowest BCUT2D eigenvalue weighted by Crippen LogP contribution is -2.63. The van der Waals surface area contributed by atoms with Gasteiger partial charge in [-0.3, -0.25) is 9.09 Å². The van der Waals surface area contributed by atoms with E-state index in [1.54, 1.807) is 0 Å². The van der Waals surface area contributed by atoms with E-state index < -0.39 is 31.7 Å². The van der Waals surface area contributed by atoms with Crippen LogP contribution in [-0.2, 0) is 9.09 Å². The number of rotatable bonds is 3. The summed E-state index contributed by atoms with van der Waals surface area (Å²) in [7, 11) is -5.62. The normalized spacial score (nSPS) is 21.3. The van der Waals surface area contributed by atoms with E-state index >= 15 is 0 Å². The van der Waals surface area contributed by atoms with Gasteiger partial charge in [0.05, 0.1) is 0 Å². The van der Waals surface area contributed by atoms with E-state index in [2.05, 4.69) is 4.52 Å². The number of hydrogen-bond acceptors (Lipinski definition) is 2. The van der Waals surface area contributed by atoms with E-state index in [0.717, 1.165) is 0 Å². The lowest BCUT2D eigenvalue weighted by molar-refractivity contribution is -0.433. The van der Waals surface area contributed by atoms with Gasteiger partial charge in [0.2, 0.25) is 0 Å². The van der Waals surface area contributed by atoms with Crippen molar-refractivity contribution in [2.75, 3.05) is 6.66 Å². The predicted octanol–water partition coefficient (Wildman–Crippen LogP) is 3.24. The summed E-state index contributed by atoms with van der Waals surface area (Å²) >= 11 is 0. The van der Waals surface area contributed by atoms with Crippen LogP contribution in [0.3, 0.4) is 0 Å². The highest BCUT2D eigenvalue weighted by Gasteiger charge is 2.83. The van der Waals surface area contributed by atoms with Gasteiger partial charge in [-0.15, -0.1) is 0 Å². The molecule has 0 aromatic heterocycles. The van der Waals surface area contributed by atoms with Crippen molar-refractivity contribution in [1.82, 2.24) is 0 Å². The topological polar surface area (TPSA) is 46.5 Å². The highest BCUT2D eigenvalue weighted by molar-refractivity contribution is 7.51. The second-order valence-corrected chi connectivity index (χ2v) is 4.85. The molecule has 0 aromatic rings. The van der Waals surface area contributed by atoms with Gasteiger partial charge in [0.15, 0.2) is 0 Å². The van der Waals surface area contributed by atoms with Gasteiger partial charge in [-0.25, -0.2) is 0 Å². The van der Waals surface area contributed by atoms with E-state index in [9.17, 15) is 44.1 Å². The van der Waals surface area contributed by atoms with E-state index in [4.69, 9.17) is 4.89 Å². The van der Waals surface area contributed by atoms with Crippen LogP contribution in [0.4, 0.5) is 39.5 Å². The SMILES string of the molecule is CP(=O)(O)OC(F)(C(F)(F)F)C(F)(F)C(F)(F)F. The van der Waals surface area contributed by atoms with Crippen LogP contribution in [0.15, 0.2) is 0 Å². The Morgan fingerprint density at radius 2 is 1.22 bits per heavy atom. The molecule has 3 nitrogen and oxygen atoms in total. The van der Waals surface area contributed by atoms with Gasteiger partial charge < -0.3 is 4.89 Å². The minimum atomic E-state index is -7.06. The molecule has 0 aliphatic heterocycles. The summed E-state index contributed by atoms with van der Waals surface area (Å²) < 4.78 is 121. The van der Waals surface area contributed by atoms with Crippen molar-refractivity contribution in [2.24, 2.45) is 0 Å². The van der Waals surface area contributed by atoms with Crippen molar-refractivity contribution in [1.29, 1.82) is 0 Å². The summed E-state index contributed by atoms with van der Waals surface area (Å²) in [6.45, 7) is -0.181. The Morgan fingerprint density at radius 3 is 1.39 bits per heavy atom. The Hall–Kier alpha value is -0.480. The van der Waals surface area contributed by atoms with E-state index in [1.165, 1.54) is 0 Å². The summed E-state index contributed by atoms with van der Waals surface area (Å²) in [6.07, 6.45) is -13.9. The minimum Gasteiger partial charge on any atom is -0.324 e. The van der Waals surface area contributed by atoms with Crippen molar-refractivity contribution in [3.05, 3.63) is 0 Å². The molecule has 0 rings (SSSR count). The molecule has 0 heterocycles. The maximum absolute atomic E-state index is 12.9. The fraction of sp³-hybridized carbons (Fsp3) is 1.00. The first-order valence-electron chi connectivity index (χ1n) is 3.67. The average Bonchev–Trinajstić information content (AvgIpc) is 1.95. The summed E-state index contributed by atoms with van der Waals surface area (Å²) in [4.78, 5) is 8.24. The number of halogens is 9. The zero-order valence-electron chi connectivity index (χ0n) is 8.11. The maximum atomic E-state index is 12.9. The molecule has 0 aliphatic carbocycles. The van der Waals surface area contributed by atoms with Crippen LogP contribution in [0, 0.1) is 0 Å². The van der Waals surface area contributed by atoms with Crippen molar-refractivity contribution in [3.63, 3.8) is 0 Å². The van der Waals surface area contributed by atoms with Gasteiger partial charge in [-0.1, -0.05) is 0 Å². The lowest BCUT2D eigenvalue weighted by atomic mass is 10.1. The molecule has 0 saturated carbocycles. The fourth-order valence-corrected chi connectivity index (χ4v) is 1.39. The van der Waals surface area contributed by atoms with Crippen LogP contribution in [0.2, 0.25) is 0 Å². The summed E-state index contributed by atoms with van der Waals surface area (Å²) in [5, 5.41) is 0. The Labute approximate surface area is 93.1 Å². The molecular weight excluding hydrogens is 310 g/mol. The summed E-state index contributed by atoms with van der Waals surface area (Å²) in [6, 6.07) is 0. The average molecular weight is 314 g/mol. The summed E-state index contributed by atoms with van der Waals surface area (Å²) in [5.74, 6) is -13.7. The molecule has 0 amide bonds. The molecule has 0 radical (unpaired) electrons. The Morgan fingerprint density at radius 1 is 0.889 bits per heavy atom. The van der Waals surface area contributed by atoms with Gasteiger partial charge in [-0.2, -0.15) is 39.5 Å². The molecule has 0 fully saturated rings. The molecule has 0 spiro atoms. The van der Waals surface area contributed by atoms with Gasteiger partial charge in [0.25, 0.3) is 0 Å². The minimum absolute atomic E-state index is 0.181. The van der Waals surface area contributed by atoms with Crippen LogP contribution < -0.4 is 0 Å². The van der Waals surface area contributed by atoms with Gasteiger partial charge in [0, 0.05) is 6.66 Å². The van der Waals surface area contributed by atoms with Crippen LogP contribution in [0.5, 0.6) is 0 Å². The first-order chi connectivity index (χ1) is 7.46. The third-order valence-corrected chi connectivity index (χ3v) is 2.01. The van der Waals surface area contributed by atoms with Crippen LogP contribution >= 0.6 is 7.60 Å². The Balaban J connectivity index is 5.88. The molecular formula is C5H4F9O3P. The Kier molecular flexibility index (Phi) is 4.16. The van der Waals surface area contributed by atoms with E-state index in [1.807, 2.05) is 0 Å². The highest BCUT2D eigenvalue weighted by atomic mass is 31.2. The molecule has 13 heteroatoms. The predicted molar refractivity (Wildman–Crippen MR) is 37.7 cm³/mol. The molecule has 1 N–H and O–H groups in total. The molecule has 0 saturated heterocycles. The van der Waals surface area contributed by atoms with Crippen molar-refractivity contribution < 1.29 is 53.5 Å². The van der Waals surface area contributed by atoms with Crippen LogP contribution in [0.25, 0.3) is 0 Å².